The third-order valence-corrected chi connectivity index (χ3v) is 5.48. The summed E-state index contributed by atoms with van der Waals surface area (Å²) >= 11 is 0. The number of rotatable bonds is 5. The highest BCUT2D eigenvalue weighted by molar-refractivity contribution is 5.91. The summed E-state index contributed by atoms with van der Waals surface area (Å²) < 4.78 is 6.07. The molecule has 3 atom stereocenters. The third-order valence-electron chi connectivity index (χ3n) is 5.48. The number of nitrogens with zero attached hydrogens (tertiary/aromatic N) is 2. The van der Waals surface area contributed by atoms with Gasteiger partial charge in [0.25, 0.3) is 0 Å². The van der Waals surface area contributed by atoms with Gasteiger partial charge in [0.15, 0.2) is 0 Å². The summed E-state index contributed by atoms with van der Waals surface area (Å²) in [6, 6.07) is 9.32. The van der Waals surface area contributed by atoms with Crippen LogP contribution in [0.2, 0.25) is 0 Å². The molecule has 5 rings (SSSR count). The lowest BCUT2D eigenvalue weighted by Gasteiger charge is -2.42. The Kier molecular flexibility index (Phi) is 5.25. The average molecular weight is 380 g/mol. The van der Waals surface area contributed by atoms with E-state index in [2.05, 4.69) is 20.8 Å². The fraction of sp³-hybridized carbons (Fsp3) is 0.381. The maximum atomic E-state index is 11.3. The zero-order chi connectivity index (χ0) is 19.5. The van der Waals surface area contributed by atoms with Crippen LogP contribution in [0.1, 0.15) is 24.8 Å². The van der Waals surface area contributed by atoms with Crippen molar-refractivity contribution < 1.29 is 14.6 Å². The summed E-state index contributed by atoms with van der Waals surface area (Å²) in [6.45, 7) is 1.01. The van der Waals surface area contributed by atoms with E-state index < -0.39 is 0 Å². The SMILES string of the molecule is CNC(=O)/C=C/c1ccc(-c2ccc(O[C@@H]3C[C@H]4CC[C@@H]3CN4)nn2)c(O)c1. The minimum absolute atomic E-state index is 0.0812. The molecular weight excluding hydrogens is 356 g/mol. The van der Waals surface area contributed by atoms with Crippen molar-refractivity contribution in [3.8, 4) is 22.9 Å². The van der Waals surface area contributed by atoms with Crippen LogP contribution >= 0.6 is 0 Å². The van der Waals surface area contributed by atoms with E-state index in [1.54, 1.807) is 37.4 Å². The van der Waals surface area contributed by atoms with Crippen LogP contribution in [0.15, 0.2) is 36.4 Å². The first-order valence-corrected chi connectivity index (χ1v) is 9.59. The Labute approximate surface area is 163 Å². The molecule has 3 heterocycles. The predicted molar refractivity (Wildman–Crippen MR) is 106 cm³/mol. The number of hydrogen-bond donors (Lipinski definition) is 3. The fourth-order valence-electron chi connectivity index (χ4n) is 3.88. The van der Waals surface area contributed by atoms with Gasteiger partial charge in [-0.1, -0.05) is 6.07 Å². The zero-order valence-corrected chi connectivity index (χ0v) is 15.8. The molecule has 2 saturated heterocycles. The van der Waals surface area contributed by atoms with Crippen LogP contribution in [0.3, 0.4) is 0 Å². The molecule has 1 saturated carbocycles. The van der Waals surface area contributed by atoms with Crippen molar-refractivity contribution in [1.82, 2.24) is 20.8 Å². The van der Waals surface area contributed by atoms with E-state index in [1.165, 1.54) is 18.9 Å². The molecule has 2 aliphatic heterocycles. The van der Waals surface area contributed by atoms with Crippen molar-refractivity contribution >= 4 is 12.0 Å². The Morgan fingerprint density at radius 1 is 1.29 bits per heavy atom. The number of nitrogens with one attached hydrogen (secondary N) is 2. The number of hydrogen-bond acceptors (Lipinski definition) is 6. The molecule has 0 unspecified atom stereocenters. The first-order chi connectivity index (χ1) is 13.6. The van der Waals surface area contributed by atoms with Crippen molar-refractivity contribution in [2.75, 3.05) is 13.6 Å². The monoisotopic (exact) mass is 380 g/mol. The molecule has 3 aliphatic rings. The van der Waals surface area contributed by atoms with E-state index in [-0.39, 0.29) is 17.8 Å². The second-order valence-corrected chi connectivity index (χ2v) is 7.32. The van der Waals surface area contributed by atoms with Gasteiger partial charge in [-0.25, -0.2) is 0 Å². The van der Waals surface area contributed by atoms with Gasteiger partial charge in [-0.2, -0.15) is 0 Å². The molecule has 0 spiro atoms. The lowest BCUT2D eigenvalue weighted by molar-refractivity contribution is -0.115. The predicted octanol–water partition coefficient (Wildman–Crippen LogP) is 2.13. The van der Waals surface area contributed by atoms with E-state index >= 15 is 0 Å². The lowest BCUT2D eigenvalue weighted by Crippen LogP contribution is -2.53. The van der Waals surface area contributed by atoms with Crippen LogP contribution in [0.5, 0.6) is 11.6 Å². The first-order valence-electron chi connectivity index (χ1n) is 9.59. The molecule has 1 amide bonds. The summed E-state index contributed by atoms with van der Waals surface area (Å²) in [5, 5.41) is 24.8. The Morgan fingerprint density at radius 2 is 2.18 bits per heavy atom. The number of likely N-dealkylation sites (N-methyl/N-ethyl adjacent to an activating group) is 1. The molecular formula is C21H24N4O3. The van der Waals surface area contributed by atoms with Crippen LogP contribution in [-0.4, -0.2) is 46.9 Å². The molecule has 2 aromatic rings. The standard InChI is InChI=1S/C21H24N4O3/c1-22-20(27)8-3-13-2-6-16(18(26)10-13)17-7-9-21(25-24-17)28-19-11-15-5-4-14(19)12-23-15/h2-3,6-10,14-15,19,23,26H,4-5,11-12H2,1H3,(H,22,27)/b8-3+/t14-,15-,19-/m1/s1. The second kappa shape index (κ2) is 7.98. The molecule has 3 N–H and O–H groups in total. The molecule has 2 bridgehead atoms. The summed E-state index contributed by atoms with van der Waals surface area (Å²) in [5.74, 6) is 0.932. The van der Waals surface area contributed by atoms with Gasteiger partial charge >= 0.3 is 0 Å². The minimum atomic E-state index is -0.202. The summed E-state index contributed by atoms with van der Waals surface area (Å²) in [4.78, 5) is 11.3. The largest absolute Gasteiger partial charge is 0.507 e. The maximum absolute atomic E-state index is 11.3. The van der Waals surface area contributed by atoms with Crippen LogP contribution in [0.25, 0.3) is 17.3 Å². The topological polar surface area (TPSA) is 96.4 Å². The fourth-order valence-corrected chi connectivity index (χ4v) is 3.88. The summed E-state index contributed by atoms with van der Waals surface area (Å²) in [6.07, 6.45) is 6.68. The van der Waals surface area contributed by atoms with E-state index in [4.69, 9.17) is 4.74 Å². The van der Waals surface area contributed by atoms with Crippen LogP contribution in [0.4, 0.5) is 0 Å². The van der Waals surface area contributed by atoms with Gasteiger partial charge in [0, 0.05) is 43.3 Å². The molecule has 1 aromatic heterocycles. The number of phenolic OH excluding ortho intramolecular Hbond substituents is 1. The number of carbonyl (C=O) groups is 1. The third kappa shape index (κ3) is 3.99. The molecule has 1 aromatic carbocycles. The molecule has 7 heteroatoms. The van der Waals surface area contributed by atoms with Crippen molar-refractivity contribution in [2.45, 2.75) is 31.4 Å². The van der Waals surface area contributed by atoms with Crippen molar-refractivity contribution in [3.05, 3.63) is 42.0 Å². The van der Waals surface area contributed by atoms with Crippen molar-refractivity contribution in [3.63, 3.8) is 0 Å². The van der Waals surface area contributed by atoms with Gasteiger partial charge in [0.1, 0.15) is 11.9 Å². The van der Waals surface area contributed by atoms with Crippen LogP contribution < -0.4 is 15.4 Å². The number of piperidine rings is 2. The van der Waals surface area contributed by atoms with Gasteiger partial charge in [-0.05, 0) is 49.1 Å². The number of aromatic hydroxyl groups is 1. The Bertz CT molecular complexity index is 874. The van der Waals surface area contributed by atoms with Crippen LogP contribution in [-0.2, 0) is 4.79 Å². The minimum Gasteiger partial charge on any atom is -0.507 e. The molecule has 28 heavy (non-hydrogen) atoms. The first kappa shape index (κ1) is 18.4. The van der Waals surface area contributed by atoms with Gasteiger partial charge in [0.05, 0.1) is 5.69 Å². The summed E-state index contributed by atoms with van der Waals surface area (Å²) in [5.41, 5.74) is 1.87. The Balaban J connectivity index is 1.45. The Morgan fingerprint density at radius 3 is 2.79 bits per heavy atom. The highest BCUT2D eigenvalue weighted by atomic mass is 16.5. The van der Waals surface area contributed by atoms with E-state index in [0.29, 0.717) is 29.1 Å². The number of amides is 1. The second-order valence-electron chi connectivity index (χ2n) is 7.32. The zero-order valence-electron chi connectivity index (χ0n) is 15.8. The van der Waals surface area contributed by atoms with Crippen molar-refractivity contribution in [1.29, 1.82) is 0 Å². The number of benzene rings is 1. The van der Waals surface area contributed by atoms with E-state index in [0.717, 1.165) is 18.5 Å². The number of fused-ring (bicyclic) bond motifs is 3. The number of carbonyl (C=O) groups excluding carboxylic acids is 1. The summed E-state index contributed by atoms with van der Waals surface area (Å²) in [7, 11) is 1.56. The number of ether oxygens (including phenoxy) is 1. The van der Waals surface area contributed by atoms with Gasteiger partial charge in [0.2, 0.25) is 11.8 Å². The number of aromatic nitrogens is 2. The van der Waals surface area contributed by atoms with E-state index in [9.17, 15) is 9.90 Å². The van der Waals surface area contributed by atoms with Gasteiger partial charge < -0.3 is 20.5 Å². The average Bonchev–Trinajstić information content (AvgIpc) is 2.74. The van der Waals surface area contributed by atoms with Crippen LogP contribution in [0, 0.1) is 5.92 Å². The normalized spacial score (nSPS) is 23.7. The molecule has 146 valence electrons. The quantitative estimate of drug-likeness (QED) is 0.688. The van der Waals surface area contributed by atoms with Crippen molar-refractivity contribution in [2.24, 2.45) is 5.92 Å². The van der Waals surface area contributed by atoms with E-state index in [1.807, 2.05) is 6.07 Å². The highest BCUT2D eigenvalue weighted by Gasteiger charge is 2.36. The molecule has 1 aliphatic carbocycles. The van der Waals surface area contributed by atoms with Gasteiger partial charge in [-0.3, -0.25) is 4.79 Å². The molecule has 7 nitrogen and oxygen atoms in total. The maximum Gasteiger partial charge on any atom is 0.243 e. The Hall–Kier alpha value is -2.93. The number of phenols is 1. The van der Waals surface area contributed by atoms with Gasteiger partial charge in [-0.15, -0.1) is 10.2 Å². The lowest BCUT2D eigenvalue weighted by atomic mass is 9.79. The molecule has 0 radical (unpaired) electrons. The highest BCUT2D eigenvalue weighted by Crippen LogP contribution is 2.33. The smallest absolute Gasteiger partial charge is 0.243 e. The molecule has 3 fully saturated rings.